The van der Waals surface area contributed by atoms with Crippen LogP contribution in [0.25, 0.3) is 0 Å². The Morgan fingerprint density at radius 1 is 1.46 bits per heavy atom. The topological polar surface area (TPSA) is 78.7 Å². The van der Waals surface area contributed by atoms with Crippen molar-refractivity contribution in [3.8, 4) is 0 Å². The lowest BCUT2D eigenvalue weighted by atomic mass is 10.0. The molecule has 0 spiro atoms. The zero-order chi connectivity index (χ0) is 17.9. The SMILES string of the molecule is CC(C)C(N)CCN(C)C(=O)c1cc(N2CCNC2=O)ccc1F. The fraction of sp³-hybridized carbons (Fsp3) is 0.529. The van der Waals surface area contributed by atoms with E-state index in [4.69, 9.17) is 5.73 Å². The van der Waals surface area contributed by atoms with Crippen LogP contribution in [0.5, 0.6) is 0 Å². The predicted octanol–water partition coefficient (Wildman–Crippen LogP) is 1.80. The van der Waals surface area contributed by atoms with Gasteiger partial charge in [-0.3, -0.25) is 9.69 Å². The second-order valence-electron chi connectivity index (χ2n) is 6.47. The van der Waals surface area contributed by atoms with Crippen molar-refractivity contribution >= 4 is 17.6 Å². The molecule has 1 unspecified atom stereocenters. The molecule has 1 saturated heterocycles. The molecule has 1 atom stereocenters. The molecule has 0 radical (unpaired) electrons. The summed E-state index contributed by atoms with van der Waals surface area (Å²) in [7, 11) is 1.63. The molecule has 7 heteroatoms. The van der Waals surface area contributed by atoms with Gasteiger partial charge in [0.25, 0.3) is 5.91 Å². The van der Waals surface area contributed by atoms with Gasteiger partial charge in [-0.25, -0.2) is 9.18 Å². The molecule has 3 N–H and O–H groups in total. The fourth-order valence-corrected chi connectivity index (χ4v) is 2.55. The number of amides is 3. The van der Waals surface area contributed by atoms with Gasteiger partial charge in [-0.15, -0.1) is 0 Å². The maximum Gasteiger partial charge on any atom is 0.321 e. The number of nitrogens with one attached hydrogen (secondary N) is 1. The van der Waals surface area contributed by atoms with Crippen molar-refractivity contribution in [1.82, 2.24) is 10.2 Å². The normalized spacial score (nSPS) is 15.6. The molecular weight excluding hydrogens is 311 g/mol. The third-order valence-corrected chi connectivity index (χ3v) is 4.35. The molecule has 1 heterocycles. The quantitative estimate of drug-likeness (QED) is 0.831. The lowest BCUT2D eigenvalue weighted by Crippen LogP contribution is -2.35. The number of nitrogens with zero attached hydrogens (tertiary/aromatic N) is 2. The van der Waals surface area contributed by atoms with E-state index in [1.54, 1.807) is 7.05 Å². The van der Waals surface area contributed by atoms with Gasteiger partial charge < -0.3 is 16.0 Å². The Balaban J connectivity index is 2.12. The van der Waals surface area contributed by atoms with E-state index in [0.717, 1.165) is 0 Å². The lowest BCUT2D eigenvalue weighted by molar-refractivity contribution is 0.0784. The number of anilines is 1. The summed E-state index contributed by atoms with van der Waals surface area (Å²) in [6, 6.07) is 3.91. The van der Waals surface area contributed by atoms with Crippen LogP contribution in [0.15, 0.2) is 18.2 Å². The average Bonchev–Trinajstić information content (AvgIpc) is 2.98. The van der Waals surface area contributed by atoms with E-state index in [-0.39, 0.29) is 17.6 Å². The third-order valence-electron chi connectivity index (χ3n) is 4.35. The largest absolute Gasteiger partial charge is 0.342 e. The fourth-order valence-electron chi connectivity index (χ4n) is 2.55. The average molecular weight is 336 g/mol. The molecule has 0 bridgehead atoms. The second-order valence-corrected chi connectivity index (χ2v) is 6.47. The van der Waals surface area contributed by atoms with Crippen molar-refractivity contribution in [3.05, 3.63) is 29.6 Å². The number of carbonyl (C=O) groups excluding carboxylic acids is 2. The third kappa shape index (κ3) is 4.03. The summed E-state index contributed by atoms with van der Waals surface area (Å²) < 4.78 is 14.1. The number of hydrogen-bond acceptors (Lipinski definition) is 3. The zero-order valence-electron chi connectivity index (χ0n) is 14.4. The minimum absolute atomic E-state index is 0.00951. The summed E-state index contributed by atoms with van der Waals surface area (Å²) in [5.41, 5.74) is 6.47. The number of urea groups is 1. The molecular formula is C17H25FN4O2. The van der Waals surface area contributed by atoms with E-state index in [1.165, 1.54) is 28.0 Å². The van der Waals surface area contributed by atoms with Crippen molar-refractivity contribution in [3.63, 3.8) is 0 Å². The van der Waals surface area contributed by atoms with Crippen molar-refractivity contribution in [2.24, 2.45) is 11.7 Å². The maximum atomic E-state index is 14.1. The molecule has 3 amide bonds. The van der Waals surface area contributed by atoms with E-state index in [0.29, 0.717) is 37.7 Å². The Morgan fingerprint density at radius 2 is 2.17 bits per heavy atom. The first-order chi connectivity index (χ1) is 11.3. The van der Waals surface area contributed by atoms with Gasteiger partial charge in [0, 0.05) is 38.4 Å². The Labute approximate surface area is 141 Å². The van der Waals surface area contributed by atoms with Crippen LogP contribution in [0.2, 0.25) is 0 Å². The first-order valence-corrected chi connectivity index (χ1v) is 8.17. The summed E-state index contributed by atoms with van der Waals surface area (Å²) in [5.74, 6) is -0.685. The van der Waals surface area contributed by atoms with Crippen LogP contribution >= 0.6 is 0 Å². The van der Waals surface area contributed by atoms with Gasteiger partial charge in [-0.1, -0.05) is 13.8 Å². The van der Waals surface area contributed by atoms with Gasteiger partial charge in [0.05, 0.1) is 5.56 Å². The number of benzene rings is 1. The second kappa shape index (κ2) is 7.61. The van der Waals surface area contributed by atoms with Crippen molar-refractivity contribution in [2.45, 2.75) is 26.3 Å². The minimum Gasteiger partial charge on any atom is -0.342 e. The molecule has 2 rings (SSSR count). The van der Waals surface area contributed by atoms with Crippen molar-refractivity contribution < 1.29 is 14.0 Å². The van der Waals surface area contributed by atoms with Gasteiger partial charge in [-0.05, 0) is 30.5 Å². The highest BCUT2D eigenvalue weighted by Crippen LogP contribution is 2.21. The molecule has 0 aliphatic carbocycles. The molecule has 132 valence electrons. The highest BCUT2D eigenvalue weighted by Gasteiger charge is 2.24. The highest BCUT2D eigenvalue weighted by atomic mass is 19.1. The van der Waals surface area contributed by atoms with Gasteiger partial charge in [0.15, 0.2) is 0 Å². The first kappa shape index (κ1) is 18.2. The molecule has 1 aliphatic heterocycles. The lowest BCUT2D eigenvalue weighted by Gasteiger charge is -2.22. The Kier molecular flexibility index (Phi) is 5.77. The monoisotopic (exact) mass is 336 g/mol. The van der Waals surface area contributed by atoms with E-state index < -0.39 is 11.7 Å². The highest BCUT2D eigenvalue weighted by molar-refractivity contribution is 5.98. The zero-order valence-corrected chi connectivity index (χ0v) is 14.4. The van der Waals surface area contributed by atoms with Crippen LogP contribution < -0.4 is 16.0 Å². The van der Waals surface area contributed by atoms with Crippen LogP contribution in [0, 0.1) is 11.7 Å². The van der Waals surface area contributed by atoms with Crippen LogP contribution in [0.4, 0.5) is 14.9 Å². The molecule has 1 aromatic carbocycles. The van der Waals surface area contributed by atoms with Crippen LogP contribution in [0.1, 0.15) is 30.6 Å². The van der Waals surface area contributed by atoms with Gasteiger partial charge >= 0.3 is 6.03 Å². The van der Waals surface area contributed by atoms with Crippen LogP contribution in [0.3, 0.4) is 0 Å². The van der Waals surface area contributed by atoms with E-state index in [1.807, 2.05) is 13.8 Å². The molecule has 1 fully saturated rings. The summed E-state index contributed by atoms with van der Waals surface area (Å²) in [6.45, 7) is 5.53. The molecule has 1 aromatic rings. The van der Waals surface area contributed by atoms with E-state index in [9.17, 15) is 14.0 Å². The predicted molar refractivity (Wildman–Crippen MR) is 91.5 cm³/mol. The van der Waals surface area contributed by atoms with Crippen molar-refractivity contribution in [1.29, 1.82) is 0 Å². The number of nitrogens with two attached hydrogens (primary N) is 1. The van der Waals surface area contributed by atoms with Crippen LogP contribution in [-0.2, 0) is 0 Å². The molecule has 24 heavy (non-hydrogen) atoms. The Morgan fingerprint density at radius 3 is 2.75 bits per heavy atom. The summed E-state index contributed by atoms with van der Waals surface area (Å²) in [4.78, 5) is 27.2. The molecule has 6 nitrogen and oxygen atoms in total. The smallest absolute Gasteiger partial charge is 0.321 e. The summed E-state index contributed by atoms with van der Waals surface area (Å²) in [5, 5.41) is 2.68. The van der Waals surface area contributed by atoms with E-state index >= 15 is 0 Å². The first-order valence-electron chi connectivity index (χ1n) is 8.17. The summed E-state index contributed by atoms with van der Waals surface area (Å²) >= 11 is 0. The van der Waals surface area contributed by atoms with Gasteiger partial charge in [0.1, 0.15) is 5.82 Å². The van der Waals surface area contributed by atoms with E-state index in [2.05, 4.69) is 5.32 Å². The summed E-state index contributed by atoms with van der Waals surface area (Å²) in [6.07, 6.45) is 0.649. The molecule has 0 aromatic heterocycles. The maximum absolute atomic E-state index is 14.1. The molecule has 0 saturated carbocycles. The Bertz CT molecular complexity index is 621. The number of hydrogen-bond donors (Lipinski definition) is 2. The number of rotatable bonds is 6. The minimum atomic E-state index is -0.594. The number of carbonyl (C=O) groups is 2. The van der Waals surface area contributed by atoms with Gasteiger partial charge in [0.2, 0.25) is 0 Å². The standard InChI is InChI=1S/C17H25FN4O2/c1-11(2)15(19)6-8-21(3)16(23)13-10-12(4-5-14(13)18)22-9-7-20-17(22)24/h4-5,10-11,15H,6-9,19H2,1-3H3,(H,20,24). The Hall–Kier alpha value is -2.15. The number of halogens is 1. The van der Waals surface area contributed by atoms with Gasteiger partial charge in [-0.2, -0.15) is 0 Å². The molecule has 1 aliphatic rings. The van der Waals surface area contributed by atoms with Crippen LogP contribution in [-0.4, -0.2) is 49.6 Å². The van der Waals surface area contributed by atoms with Crippen molar-refractivity contribution in [2.75, 3.05) is 31.6 Å².